The predicted molar refractivity (Wildman–Crippen MR) is 95.6 cm³/mol. The molecule has 0 aromatic carbocycles. The van der Waals surface area contributed by atoms with Crippen molar-refractivity contribution < 1.29 is 17.5 Å². The predicted octanol–water partition coefficient (Wildman–Crippen LogP) is 3.86. The Labute approximate surface area is 129 Å². The molecule has 0 unspecified atom stereocenters. The number of hydrogen-bond donors (Lipinski definition) is 1. The fourth-order valence-electron chi connectivity index (χ4n) is 2.59. The van der Waals surface area contributed by atoms with Crippen molar-refractivity contribution in [3.63, 3.8) is 0 Å². The molecule has 0 aliphatic heterocycles. The van der Waals surface area contributed by atoms with E-state index >= 15 is 0 Å². The molecule has 0 heterocycles. The lowest BCUT2D eigenvalue weighted by atomic mass is 10.5. The summed E-state index contributed by atoms with van der Waals surface area (Å²) in [6.45, 7) is 19.7. The Kier molecular flexibility index (Phi) is 7.57. The van der Waals surface area contributed by atoms with Gasteiger partial charge >= 0.3 is 17.1 Å². The molecule has 0 rings (SSSR count). The first-order valence-electron chi connectivity index (χ1n) is 7.39. The van der Waals surface area contributed by atoms with Gasteiger partial charge in [0, 0.05) is 6.61 Å². The van der Waals surface area contributed by atoms with Gasteiger partial charge in [0.2, 0.25) is 0 Å². The molecular weight excluding hydrogens is 320 g/mol. The van der Waals surface area contributed by atoms with Crippen molar-refractivity contribution in [2.24, 2.45) is 0 Å². The van der Waals surface area contributed by atoms with Gasteiger partial charge in [-0.1, -0.05) is 0 Å². The van der Waals surface area contributed by atoms with Gasteiger partial charge in [0.15, 0.2) is 16.6 Å². The highest BCUT2D eigenvalue weighted by Gasteiger charge is 2.42. The third-order valence-corrected chi connectivity index (χ3v) is 16.6. The first kappa shape index (κ1) is 20.7. The van der Waals surface area contributed by atoms with Gasteiger partial charge in [0.1, 0.15) is 0 Å². The van der Waals surface area contributed by atoms with Crippen molar-refractivity contribution in [3.8, 4) is 0 Å². The molecule has 0 amide bonds. The number of hydrogen-bond acceptors (Lipinski definition) is 4. The van der Waals surface area contributed by atoms with E-state index in [0.29, 0.717) is 0 Å². The van der Waals surface area contributed by atoms with Crippen LogP contribution in [0.25, 0.3) is 0 Å². The molecule has 8 heteroatoms. The van der Waals surface area contributed by atoms with E-state index in [1.165, 1.54) is 0 Å². The molecule has 0 aromatic heterocycles. The van der Waals surface area contributed by atoms with Gasteiger partial charge in [-0.25, -0.2) is 0 Å². The molecule has 122 valence electrons. The Morgan fingerprint density at radius 1 is 0.700 bits per heavy atom. The minimum absolute atomic E-state index is 0.238. The maximum absolute atomic E-state index is 8.98. The minimum atomic E-state index is -2.18. The van der Waals surface area contributed by atoms with E-state index in [4.69, 9.17) is 17.5 Å². The number of aliphatic hydroxyl groups is 1. The molecule has 0 fully saturated rings. The molecule has 0 spiro atoms. The zero-order valence-corrected chi connectivity index (χ0v) is 18.8. The molecule has 4 nitrogen and oxygen atoms in total. The molecule has 0 atom stereocenters. The van der Waals surface area contributed by atoms with Crippen LogP contribution < -0.4 is 0 Å². The quantitative estimate of drug-likeness (QED) is 0.639. The van der Waals surface area contributed by atoms with E-state index in [0.717, 1.165) is 12.5 Å². The van der Waals surface area contributed by atoms with Crippen molar-refractivity contribution in [2.75, 3.05) is 6.61 Å². The normalized spacial score (nSPS) is 14.7. The smallest absolute Gasteiger partial charge is 0.312 e. The highest BCUT2D eigenvalue weighted by molar-refractivity contribution is 6.89. The van der Waals surface area contributed by atoms with E-state index in [-0.39, 0.29) is 6.61 Å². The summed E-state index contributed by atoms with van der Waals surface area (Å²) in [4.78, 5) is 0. The minimum Gasteiger partial charge on any atom is -0.437 e. The zero-order valence-electron chi connectivity index (χ0n) is 14.8. The Balaban J connectivity index is 4.65. The van der Waals surface area contributed by atoms with E-state index < -0.39 is 33.8 Å². The van der Waals surface area contributed by atoms with Crippen molar-refractivity contribution in [3.05, 3.63) is 0 Å². The van der Waals surface area contributed by atoms with Crippen LogP contribution in [0.2, 0.25) is 65.0 Å². The van der Waals surface area contributed by atoms with E-state index in [2.05, 4.69) is 58.9 Å². The van der Waals surface area contributed by atoms with Gasteiger partial charge in [0.05, 0.1) is 0 Å². The summed E-state index contributed by atoms with van der Waals surface area (Å²) in [5.74, 6) is 0. The molecule has 0 bridgehead atoms. The highest BCUT2D eigenvalue weighted by atomic mass is 28.5. The fourth-order valence-corrected chi connectivity index (χ4v) is 21.1. The monoisotopic (exact) mass is 354 g/mol. The van der Waals surface area contributed by atoms with Gasteiger partial charge in [-0.3, -0.25) is 0 Å². The van der Waals surface area contributed by atoms with Gasteiger partial charge in [-0.15, -0.1) is 0 Å². The first-order chi connectivity index (χ1) is 8.68. The lowest BCUT2D eigenvalue weighted by Crippen LogP contribution is -2.55. The average Bonchev–Trinajstić information content (AvgIpc) is 2.05. The van der Waals surface area contributed by atoms with Crippen LogP contribution in [0.4, 0.5) is 0 Å². The Bertz CT molecular complexity index is 300. The van der Waals surface area contributed by atoms with E-state index in [1.807, 2.05) is 0 Å². The summed E-state index contributed by atoms with van der Waals surface area (Å²) in [7, 11) is -7.67. The maximum atomic E-state index is 8.98. The van der Waals surface area contributed by atoms with Gasteiger partial charge in [0.25, 0.3) is 0 Å². The molecule has 0 saturated heterocycles. The van der Waals surface area contributed by atoms with Crippen LogP contribution in [-0.4, -0.2) is 45.5 Å². The molecule has 0 radical (unpaired) electrons. The first-order valence-corrected chi connectivity index (χ1v) is 19.6. The molecule has 0 aliphatic carbocycles. The van der Waals surface area contributed by atoms with Crippen molar-refractivity contribution >= 4 is 33.8 Å². The molecule has 1 N–H and O–H groups in total. The lowest BCUT2D eigenvalue weighted by molar-refractivity contribution is 0.289. The van der Waals surface area contributed by atoms with Gasteiger partial charge in [-0.05, 0) is 71.4 Å². The van der Waals surface area contributed by atoms with Crippen molar-refractivity contribution in [1.29, 1.82) is 0 Å². The van der Waals surface area contributed by atoms with Crippen LogP contribution in [0.15, 0.2) is 0 Å². The zero-order chi connectivity index (χ0) is 16.2. The van der Waals surface area contributed by atoms with Crippen LogP contribution in [0.5, 0.6) is 0 Å². The standard InChI is InChI=1S/C12H34O4Si4/c1-17(2,3)14-19(6,7)16-20(8,9)15-18(4,5)12-10-11-13/h13H,10-12H2,1-9H3. The summed E-state index contributed by atoms with van der Waals surface area (Å²) >= 11 is 0. The van der Waals surface area contributed by atoms with Gasteiger partial charge in [-0.2, -0.15) is 0 Å². The van der Waals surface area contributed by atoms with Crippen LogP contribution >= 0.6 is 0 Å². The summed E-state index contributed by atoms with van der Waals surface area (Å²) in [6, 6.07) is 0.972. The SMILES string of the molecule is C[Si](C)(C)O[Si](C)(C)O[Si](C)(C)O[Si](C)(C)CCCO. The largest absolute Gasteiger partial charge is 0.437 e. The lowest BCUT2D eigenvalue weighted by Gasteiger charge is -2.40. The van der Waals surface area contributed by atoms with Gasteiger partial charge < -0.3 is 17.5 Å². The van der Waals surface area contributed by atoms with Crippen LogP contribution in [-0.2, 0) is 12.3 Å². The van der Waals surface area contributed by atoms with Crippen LogP contribution in [0, 0.1) is 0 Å². The second-order valence-electron chi connectivity index (χ2n) is 7.81. The topological polar surface area (TPSA) is 47.9 Å². The van der Waals surface area contributed by atoms with E-state index in [1.54, 1.807) is 0 Å². The Morgan fingerprint density at radius 3 is 1.55 bits per heavy atom. The fraction of sp³-hybridized carbons (Fsp3) is 1.00. The second kappa shape index (κ2) is 7.31. The van der Waals surface area contributed by atoms with Crippen molar-refractivity contribution in [1.82, 2.24) is 0 Å². The molecule has 0 aromatic rings. The number of rotatable bonds is 9. The summed E-state index contributed by atoms with van der Waals surface area (Å²) < 4.78 is 19.0. The molecule has 20 heavy (non-hydrogen) atoms. The highest BCUT2D eigenvalue weighted by Crippen LogP contribution is 2.25. The van der Waals surface area contributed by atoms with Crippen LogP contribution in [0.1, 0.15) is 6.42 Å². The van der Waals surface area contributed by atoms with Crippen LogP contribution in [0.3, 0.4) is 0 Å². The average molecular weight is 355 g/mol. The Morgan fingerprint density at radius 2 is 1.15 bits per heavy atom. The molecule has 0 aliphatic rings. The summed E-state index contributed by atoms with van der Waals surface area (Å²) in [5.41, 5.74) is 0. The van der Waals surface area contributed by atoms with E-state index in [9.17, 15) is 0 Å². The third kappa shape index (κ3) is 10.4. The second-order valence-corrected chi connectivity index (χ2v) is 24.1. The Hall–Kier alpha value is 0.708. The molecule has 0 saturated carbocycles. The number of aliphatic hydroxyl groups excluding tert-OH is 1. The third-order valence-electron chi connectivity index (χ3n) is 2.50. The summed E-state index contributed by atoms with van der Waals surface area (Å²) in [5, 5.41) is 8.98. The summed E-state index contributed by atoms with van der Waals surface area (Å²) in [6.07, 6.45) is 0.815. The van der Waals surface area contributed by atoms with Crippen molar-refractivity contribution in [2.45, 2.75) is 71.4 Å². The maximum Gasteiger partial charge on any atom is 0.312 e. The molecular formula is C12H34O4Si4.